The van der Waals surface area contributed by atoms with Gasteiger partial charge in [0.2, 0.25) is 5.91 Å². The molecule has 0 saturated heterocycles. The fourth-order valence-corrected chi connectivity index (χ4v) is 6.45. The summed E-state index contributed by atoms with van der Waals surface area (Å²) in [6.45, 7) is 3.70. The van der Waals surface area contributed by atoms with Crippen LogP contribution >= 0.6 is 0 Å². The van der Waals surface area contributed by atoms with Crippen molar-refractivity contribution in [1.82, 2.24) is 24.5 Å². The number of benzene rings is 2. The fourth-order valence-electron chi connectivity index (χ4n) is 6.45. The average Bonchev–Trinajstić information content (AvgIpc) is 3.57. The van der Waals surface area contributed by atoms with Crippen LogP contribution in [-0.4, -0.2) is 54.0 Å². The fraction of sp³-hybridized carbons (Fsp3) is 0.312. The first-order valence-electron chi connectivity index (χ1n) is 14.3. The number of hydrogen-bond donors (Lipinski definition) is 2. The molecule has 2 aromatic heterocycles. The van der Waals surface area contributed by atoms with Crippen LogP contribution < -0.4 is 5.32 Å². The summed E-state index contributed by atoms with van der Waals surface area (Å²) in [4.78, 5) is 26.9. The lowest BCUT2D eigenvalue weighted by Gasteiger charge is -2.39. The topological polar surface area (TPSA) is 105 Å². The van der Waals surface area contributed by atoms with Crippen LogP contribution in [0.5, 0.6) is 0 Å². The summed E-state index contributed by atoms with van der Waals surface area (Å²) >= 11 is 0. The average molecular weight is 585 g/mol. The molecule has 0 radical (unpaired) electrons. The molecule has 1 saturated carbocycles. The number of halogens is 2. The van der Waals surface area contributed by atoms with Gasteiger partial charge in [-0.15, -0.1) is 0 Å². The maximum Gasteiger partial charge on any atom is 0.307 e. The molecule has 2 N–H and O–H groups in total. The molecule has 0 spiro atoms. The van der Waals surface area contributed by atoms with Crippen molar-refractivity contribution in [1.29, 1.82) is 0 Å². The Morgan fingerprint density at radius 2 is 1.84 bits per heavy atom. The van der Waals surface area contributed by atoms with Gasteiger partial charge in [0.1, 0.15) is 23.8 Å². The van der Waals surface area contributed by atoms with Gasteiger partial charge in [-0.3, -0.25) is 14.3 Å². The second kappa shape index (κ2) is 9.89. The zero-order valence-electron chi connectivity index (χ0n) is 23.8. The first kappa shape index (κ1) is 27.1. The van der Waals surface area contributed by atoms with Gasteiger partial charge in [-0.25, -0.2) is 13.5 Å². The molecular weight excluding hydrogens is 554 g/mol. The maximum absolute atomic E-state index is 15.4. The van der Waals surface area contributed by atoms with Crippen LogP contribution in [0.1, 0.15) is 59.6 Å². The number of rotatable bonds is 5. The van der Waals surface area contributed by atoms with Crippen LogP contribution in [0.4, 0.5) is 14.6 Å². The molecule has 43 heavy (non-hydrogen) atoms. The Morgan fingerprint density at radius 3 is 2.51 bits per heavy atom. The summed E-state index contributed by atoms with van der Waals surface area (Å²) in [6.07, 6.45) is 0.948. The van der Waals surface area contributed by atoms with Gasteiger partial charge >= 0.3 is 5.97 Å². The van der Waals surface area contributed by atoms with Crippen molar-refractivity contribution in [2.75, 3.05) is 11.9 Å². The highest BCUT2D eigenvalue weighted by atomic mass is 19.1. The number of fused-ring (bicyclic) bond motifs is 2. The van der Waals surface area contributed by atoms with E-state index >= 15 is 8.78 Å². The van der Waals surface area contributed by atoms with Gasteiger partial charge in [-0.2, -0.15) is 10.2 Å². The largest absolute Gasteiger partial charge is 0.481 e. The Kier molecular flexibility index (Phi) is 6.22. The quantitative estimate of drug-likeness (QED) is 0.334. The molecule has 0 bridgehead atoms. The number of carbonyl (C=O) groups excluding carboxylic acids is 1. The summed E-state index contributed by atoms with van der Waals surface area (Å²) in [5, 5.41) is 21.7. The van der Waals surface area contributed by atoms with E-state index < -0.39 is 29.9 Å². The Balaban J connectivity index is 1.25. The molecule has 2 aromatic carbocycles. The predicted molar refractivity (Wildman–Crippen MR) is 155 cm³/mol. The van der Waals surface area contributed by atoms with E-state index in [9.17, 15) is 14.7 Å². The summed E-state index contributed by atoms with van der Waals surface area (Å²) in [7, 11) is 1.80. The Bertz CT molecular complexity index is 1830. The number of aromatic nitrogens is 4. The second-order valence-corrected chi connectivity index (χ2v) is 11.6. The Labute approximate surface area is 246 Å². The number of nitrogens with one attached hydrogen (secondary N) is 1. The lowest BCUT2D eigenvalue weighted by atomic mass is 9.91. The van der Waals surface area contributed by atoms with Gasteiger partial charge in [0.25, 0.3) is 0 Å². The third-order valence-corrected chi connectivity index (χ3v) is 8.79. The summed E-state index contributed by atoms with van der Waals surface area (Å²) in [5.41, 5.74) is 4.70. The number of carboxylic acids is 1. The highest BCUT2D eigenvalue weighted by molar-refractivity contribution is 5.91. The minimum atomic E-state index is -1.30. The third-order valence-electron chi connectivity index (χ3n) is 8.79. The van der Waals surface area contributed by atoms with Crippen molar-refractivity contribution >= 4 is 23.4 Å². The maximum atomic E-state index is 15.4. The molecular formula is C32H30F2N6O3. The van der Waals surface area contributed by atoms with Crippen LogP contribution in [0.3, 0.4) is 0 Å². The molecule has 7 rings (SSSR count). The van der Waals surface area contributed by atoms with E-state index in [0.717, 1.165) is 11.3 Å². The molecule has 1 aliphatic carbocycles. The van der Waals surface area contributed by atoms with Crippen LogP contribution in [0.2, 0.25) is 0 Å². The SMILES string of the molecule is Cc1cc(C2=CC(C(=O)N3C[C@H](F)c4ccccc4[C@H]3C)Nc3cc(-c4ccc([C@H]5C[C@@H]5C(=O)O)cc4F)nn32)n(C)n1. The number of anilines is 1. The number of amides is 1. The van der Waals surface area contributed by atoms with Crippen molar-refractivity contribution in [3.8, 4) is 11.3 Å². The van der Waals surface area contributed by atoms with Gasteiger partial charge in [0.15, 0.2) is 0 Å². The van der Waals surface area contributed by atoms with Crippen LogP contribution in [0.25, 0.3) is 17.0 Å². The molecule has 1 amide bonds. The second-order valence-electron chi connectivity index (χ2n) is 11.6. The van der Waals surface area contributed by atoms with Gasteiger partial charge in [-0.05, 0) is 67.2 Å². The minimum absolute atomic E-state index is 0.0605. The lowest BCUT2D eigenvalue weighted by molar-refractivity contribution is -0.138. The Morgan fingerprint density at radius 1 is 1.07 bits per heavy atom. The zero-order chi connectivity index (χ0) is 30.2. The number of carbonyl (C=O) groups is 2. The van der Waals surface area contributed by atoms with Crippen LogP contribution in [-0.2, 0) is 16.6 Å². The van der Waals surface area contributed by atoms with Crippen molar-refractivity contribution in [2.45, 2.75) is 44.4 Å². The van der Waals surface area contributed by atoms with Gasteiger partial charge in [0, 0.05) is 18.7 Å². The predicted octanol–water partition coefficient (Wildman–Crippen LogP) is 5.22. The third kappa shape index (κ3) is 4.50. The highest BCUT2D eigenvalue weighted by Crippen LogP contribution is 2.48. The van der Waals surface area contributed by atoms with Crippen molar-refractivity contribution in [3.05, 3.63) is 94.6 Å². The van der Waals surface area contributed by atoms with Crippen molar-refractivity contribution in [3.63, 3.8) is 0 Å². The van der Waals surface area contributed by atoms with E-state index in [2.05, 4.69) is 10.4 Å². The van der Waals surface area contributed by atoms with Gasteiger partial charge < -0.3 is 15.3 Å². The molecule has 9 nitrogen and oxygen atoms in total. The lowest BCUT2D eigenvalue weighted by Crippen LogP contribution is -2.48. The molecule has 5 atom stereocenters. The number of aliphatic carboxylic acids is 1. The monoisotopic (exact) mass is 584 g/mol. The number of alkyl halides is 1. The van der Waals surface area contributed by atoms with Crippen molar-refractivity contribution < 1.29 is 23.5 Å². The van der Waals surface area contributed by atoms with Crippen LogP contribution in [0.15, 0.2) is 60.7 Å². The van der Waals surface area contributed by atoms with E-state index in [0.29, 0.717) is 40.5 Å². The summed E-state index contributed by atoms with van der Waals surface area (Å²) in [5.74, 6) is -1.87. The molecule has 2 aliphatic heterocycles. The number of carboxylic acid groups (broad SMARTS) is 1. The minimum Gasteiger partial charge on any atom is -0.481 e. The van der Waals surface area contributed by atoms with E-state index in [4.69, 9.17) is 5.10 Å². The zero-order valence-corrected chi connectivity index (χ0v) is 23.8. The van der Waals surface area contributed by atoms with E-state index in [-0.39, 0.29) is 30.0 Å². The molecule has 220 valence electrons. The summed E-state index contributed by atoms with van der Waals surface area (Å²) in [6, 6.07) is 14.4. The highest BCUT2D eigenvalue weighted by Gasteiger charge is 2.44. The molecule has 1 fully saturated rings. The van der Waals surface area contributed by atoms with Crippen LogP contribution in [0, 0.1) is 18.7 Å². The summed E-state index contributed by atoms with van der Waals surface area (Å²) < 4.78 is 33.9. The van der Waals surface area contributed by atoms with E-state index in [1.807, 2.05) is 32.0 Å². The molecule has 4 heterocycles. The van der Waals surface area contributed by atoms with E-state index in [1.165, 1.54) is 6.07 Å². The van der Waals surface area contributed by atoms with Gasteiger partial charge in [0.05, 0.1) is 41.3 Å². The molecule has 11 heteroatoms. The standard InChI is InChI=1S/C32H30F2N6O3/c1-16-10-28(38(3)36-16)29-13-27(31(41)39-15-25(34)20-7-5-4-6-19(20)17(39)2)35-30-14-26(37-40(29)30)21-9-8-18(11-24(21)33)22-12-23(22)32(42)43/h4-11,13-14,17,22-23,25,27,35H,12,15H2,1-3H3,(H,42,43)/t17-,22-,23+,25+,27?/m1/s1. The first-order valence-corrected chi connectivity index (χ1v) is 14.3. The van der Waals surface area contributed by atoms with Gasteiger partial charge in [-0.1, -0.05) is 30.3 Å². The number of aryl methyl sites for hydroxylation is 2. The molecule has 4 aromatic rings. The number of hydrogen-bond acceptors (Lipinski definition) is 5. The Hall–Kier alpha value is -4.80. The number of nitrogens with zero attached hydrogens (tertiary/aromatic N) is 5. The first-order chi connectivity index (χ1) is 20.6. The van der Waals surface area contributed by atoms with E-state index in [1.54, 1.807) is 57.7 Å². The smallest absolute Gasteiger partial charge is 0.307 e. The van der Waals surface area contributed by atoms with Crippen molar-refractivity contribution in [2.24, 2.45) is 13.0 Å². The normalized spacial score (nSPS) is 24.1. The molecule has 3 aliphatic rings. The molecule has 1 unspecified atom stereocenters.